The van der Waals surface area contributed by atoms with Gasteiger partial charge in [-0.1, -0.05) is 12.1 Å². The minimum absolute atomic E-state index is 0.885. The third-order valence-corrected chi connectivity index (χ3v) is 3.60. The van der Waals surface area contributed by atoms with Crippen LogP contribution in [0.15, 0.2) is 35.3 Å². The van der Waals surface area contributed by atoms with E-state index in [1.165, 1.54) is 16.3 Å². The Balaban J connectivity index is 2.03. The number of ether oxygens (including phenoxy) is 1. The van der Waals surface area contributed by atoms with Crippen LogP contribution in [-0.2, 0) is 6.42 Å². The molecule has 2 heteroatoms. The van der Waals surface area contributed by atoms with Gasteiger partial charge >= 0.3 is 0 Å². The number of fused-ring (bicyclic) bond motifs is 4. The summed E-state index contributed by atoms with van der Waals surface area (Å²) in [7, 11) is 0. The van der Waals surface area contributed by atoms with Gasteiger partial charge in [-0.05, 0) is 43.2 Å². The number of hydrogen-bond donors (Lipinski definition) is 0. The quantitative estimate of drug-likeness (QED) is 0.585. The van der Waals surface area contributed by atoms with E-state index in [-0.39, 0.29) is 0 Å². The van der Waals surface area contributed by atoms with Gasteiger partial charge in [0.2, 0.25) is 0 Å². The molecular weight excluding hydrogens is 222 g/mol. The number of aryl methyl sites for hydroxylation is 1. The molecule has 0 atom stereocenters. The summed E-state index contributed by atoms with van der Waals surface area (Å²) in [5.41, 5.74) is 3.64. The molecule has 2 nitrogen and oxygen atoms in total. The number of benzene rings is 2. The molecule has 2 aliphatic rings. The van der Waals surface area contributed by atoms with Crippen molar-refractivity contribution in [3.63, 3.8) is 0 Å². The van der Waals surface area contributed by atoms with Gasteiger partial charge in [0.05, 0.1) is 5.36 Å². The van der Waals surface area contributed by atoms with E-state index in [9.17, 15) is 0 Å². The normalized spacial score (nSPS) is 14.7. The highest BCUT2D eigenvalue weighted by Crippen LogP contribution is 2.30. The van der Waals surface area contributed by atoms with Crippen molar-refractivity contribution in [2.24, 2.45) is 4.99 Å². The summed E-state index contributed by atoms with van der Waals surface area (Å²) < 4.78 is 6.11. The Morgan fingerprint density at radius 2 is 2.11 bits per heavy atom. The molecule has 0 saturated heterocycles. The Kier molecular flexibility index (Phi) is 1.90. The molecule has 0 amide bonds. The first-order valence-electron chi connectivity index (χ1n) is 6.28. The lowest BCUT2D eigenvalue weighted by atomic mass is 10.0. The summed E-state index contributed by atoms with van der Waals surface area (Å²) in [5.74, 6) is 1.97. The van der Waals surface area contributed by atoms with Gasteiger partial charge in [0.25, 0.3) is 0 Å². The maximum absolute atomic E-state index is 6.11. The van der Waals surface area contributed by atoms with E-state index in [0.717, 1.165) is 35.4 Å². The highest BCUT2D eigenvalue weighted by atomic mass is 16.5. The third-order valence-electron chi connectivity index (χ3n) is 3.60. The summed E-state index contributed by atoms with van der Waals surface area (Å²) in [6, 6.07) is 10.5. The Bertz CT molecular complexity index is 774. The van der Waals surface area contributed by atoms with Crippen LogP contribution < -0.4 is 15.3 Å². The van der Waals surface area contributed by atoms with Crippen molar-refractivity contribution >= 4 is 6.08 Å². The van der Waals surface area contributed by atoms with Gasteiger partial charge in [0, 0.05) is 22.9 Å². The third kappa shape index (κ3) is 1.32. The molecule has 18 heavy (non-hydrogen) atoms. The average molecular weight is 235 g/mol. The van der Waals surface area contributed by atoms with Gasteiger partial charge in [0.15, 0.2) is 0 Å². The van der Waals surface area contributed by atoms with Gasteiger partial charge in [-0.15, -0.1) is 0 Å². The van der Waals surface area contributed by atoms with E-state index in [1.54, 1.807) is 0 Å². The molecule has 0 fully saturated rings. The van der Waals surface area contributed by atoms with Gasteiger partial charge in [0.1, 0.15) is 11.5 Å². The summed E-state index contributed by atoms with van der Waals surface area (Å²) in [5, 5.41) is 2.26. The number of nitrogens with zero attached hydrogens (tertiary/aromatic N) is 1. The van der Waals surface area contributed by atoms with E-state index in [1.807, 2.05) is 0 Å². The van der Waals surface area contributed by atoms with Gasteiger partial charge in [-0.2, -0.15) is 0 Å². The van der Waals surface area contributed by atoms with Crippen molar-refractivity contribution in [1.82, 2.24) is 0 Å². The lowest BCUT2D eigenvalue weighted by Crippen LogP contribution is -2.18. The largest absolute Gasteiger partial charge is 0.456 e. The number of hydrogen-bond acceptors (Lipinski definition) is 2. The Hall–Kier alpha value is -2.09. The molecule has 0 spiro atoms. The standard InChI is InChI=1S/C16H13NO/c1-10-2-3-11-9-12-4-5-14-13(6-7-17-14)16(12)18-15(11)8-10/h2-5,8-9H,6-7H2,1H3. The Morgan fingerprint density at radius 3 is 3.06 bits per heavy atom. The van der Waals surface area contributed by atoms with Gasteiger partial charge in [-0.3, -0.25) is 4.99 Å². The van der Waals surface area contributed by atoms with E-state index in [4.69, 9.17) is 4.74 Å². The van der Waals surface area contributed by atoms with E-state index in [2.05, 4.69) is 48.3 Å². The second kappa shape index (κ2) is 3.45. The Labute approximate surface area is 105 Å². The maximum Gasteiger partial charge on any atom is 0.140 e. The fourth-order valence-corrected chi connectivity index (χ4v) is 2.67. The van der Waals surface area contributed by atoms with Crippen molar-refractivity contribution < 1.29 is 4.74 Å². The van der Waals surface area contributed by atoms with Crippen LogP contribution in [0, 0.1) is 6.92 Å². The van der Waals surface area contributed by atoms with Crippen LogP contribution in [-0.4, -0.2) is 6.54 Å². The molecule has 2 aromatic carbocycles. The first kappa shape index (κ1) is 9.89. The molecule has 88 valence electrons. The summed E-state index contributed by atoms with van der Waals surface area (Å²) in [6.45, 7) is 2.97. The van der Waals surface area contributed by atoms with Crippen LogP contribution >= 0.6 is 0 Å². The molecular formula is C16H13NO. The van der Waals surface area contributed by atoms with Crippen molar-refractivity contribution in [3.8, 4) is 11.5 Å². The summed E-state index contributed by atoms with van der Waals surface area (Å²) in [4.78, 5) is 4.49. The van der Waals surface area contributed by atoms with Crippen LogP contribution in [0.5, 0.6) is 11.5 Å². The van der Waals surface area contributed by atoms with Crippen LogP contribution in [0.4, 0.5) is 0 Å². The molecule has 0 aromatic heterocycles. The first-order valence-corrected chi connectivity index (χ1v) is 6.28. The second-order valence-corrected chi connectivity index (χ2v) is 4.90. The predicted molar refractivity (Wildman–Crippen MR) is 70.6 cm³/mol. The smallest absolute Gasteiger partial charge is 0.140 e. The fourth-order valence-electron chi connectivity index (χ4n) is 2.67. The lowest BCUT2D eigenvalue weighted by Gasteiger charge is -2.17. The monoisotopic (exact) mass is 235 g/mol. The summed E-state index contributed by atoms with van der Waals surface area (Å²) in [6.07, 6.45) is 3.19. The molecule has 0 N–H and O–H groups in total. The van der Waals surface area contributed by atoms with Crippen LogP contribution in [0.3, 0.4) is 0 Å². The van der Waals surface area contributed by atoms with Crippen LogP contribution in [0.25, 0.3) is 6.08 Å². The Morgan fingerprint density at radius 1 is 1.17 bits per heavy atom. The molecule has 2 heterocycles. The number of rotatable bonds is 0. The topological polar surface area (TPSA) is 21.6 Å². The van der Waals surface area contributed by atoms with E-state index < -0.39 is 0 Å². The molecule has 0 bridgehead atoms. The minimum atomic E-state index is 0.885. The molecule has 2 aliphatic heterocycles. The van der Waals surface area contributed by atoms with Crippen LogP contribution in [0.1, 0.15) is 16.7 Å². The van der Waals surface area contributed by atoms with Gasteiger partial charge < -0.3 is 4.74 Å². The highest BCUT2D eigenvalue weighted by molar-refractivity contribution is 5.64. The van der Waals surface area contributed by atoms with Crippen molar-refractivity contribution in [2.45, 2.75) is 13.3 Å². The zero-order chi connectivity index (χ0) is 12.1. The minimum Gasteiger partial charge on any atom is -0.456 e. The van der Waals surface area contributed by atoms with Gasteiger partial charge in [-0.25, -0.2) is 0 Å². The molecule has 0 aliphatic carbocycles. The maximum atomic E-state index is 6.11. The van der Waals surface area contributed by atoms with Crippen molar-refractivity contribution in [1.29, 1.82) is 0 Å². The molecule has 0 saturated carbocycles. The summed E-state index contributed by atoms with van der Waals surface area (Å²) >= 11 is 0. The van der Waals surface area contributed by atoms with E-state index in [0.29, 0.717) is 0 Å². The zero-order valence-electron chi connectivity index (χ0n) is 10.2. The van der Waals surface area contributed by atoms with Crippen LogP contribution in [0.2, 0.25) is 0 Å². The first-order chi connectivity index (χ1) is 8.81. The highest BCUT2D eigenvalue weighted by Gasteiger charge is 2.17. The van der Waals surface area contributed by atoms with Crippen molar-refractivity contribution in [3.05, 3.63) is 57.6 Å². The predicted octanol–water partition coefficient (Wildman–Crippen LogP) is 2.11. The van der Waals surface area contributed by atoms with E-state index >= 15 is 0 Å². The molecule has 0 radical (unpaired) electrons. The average Bonchev–Trinajstić information content (AvgIpc) is 2.85. The zero-order valence-corrected chi connectivity index (χ0v) is 10.2. The molecule has 4 rings (SSSR count). The second-order valence-electron chi connectivity index (χ2n) is 4.90. The van der Waals surface area contributed by atoms with Crippen molar-refractivity contribution in [2.75, 3.05) is 6.54 Å². The molecule has 0 unspecified atom stereocenters. The lowest BCUT2D eigenvalue weighted by molar-refractivity contribution is 0.467. The fraction of sp³-hybridized carbons (Fsp3) is 0.188. The molecule has 2 aromatic rings. The SMILES string of the molecule is Cc1ccc2c(c1)Oc1c3c(ccc1=C2)=NCC3.